The number of hydrogen-bond acceptors (Lipinski definition) is 8. The van der Waals surface area contributed by atoms with Gasteiger partial charge in [-0.05, 0) is 55.2 Å². The fourth-order valence-corrected chi connectivity index (χ4v) is 5.34. The Balaban J connectivity index is 1.57. The van der Waals surface area contributed by atoms with E-state index >= 15 is 0 Å². The minimum atomic E-state index is -2.08. The van der Waals surface area contributed by atoms with Crippen molar-refractivity contribution in [2.75, 3.05) is 13.2 Å². The molecule has 1 aromatic heterocycles. The summed E-state index contributed by atoms with van der Waals surface area (Å²) in [6.07, 6.45) is 3.68. The van der Waals surface area contributed by atoms with Crippen molar-refractivity contribution in [2.24, 2.45) is 0 Å². The Hall–Kier alpha value is -3.90. The SMILES string of the molecule is CC(C)(C)[Si](C)(C)OC[C@@H]1CC[C@H](OC(=O)c2ccc([N+](=O)[O-])cc2)CN1C(=O)c1ccccc1-n1nccn1. The Kier molecular flexibility index (Phi) is 8.50. The van der Waals surface area contributed by atoms with Crippen molar-refractivity contribution in [3.05, 3.63) is 82.2 Å². The maximum atomic E-state index is 14.1. The molecule has 0 saturated carbocycles. The number of esters is 1. The number of piperidine rings is 1. The lowest BCUT2D eigenvalue weighted by Gasteiger charge is -2.42. The molecular formula is C28H35N5O6Si. The number of carbonyl (C=O) groups is 2. The van der Waals surface area contributed by atoms with Crippen LogP contribution in [0.1, 0.15) is 54.3 Å². The summed E-state index contributed by atoms with van der Waals surface area (Å²) in [6.45, 7) is 11.4. The maximum Gasteiger partial charge on any atom is 0.338 e. The number of rotatable bonds is 8. The van der Waals surface area contributed by atoms with E-state index in [0.717, 1.165) is 0 Å². The van der Waals surface area contributed by atoms with Gasteiger partial charge < -0.3 is 14.1 Å². The van der Waals surface area contributed by atoms with Gasteiger partial charge in [0.25, 0.3) is 11.6 Å². The van der Waals surface area contributed by atoms with Crippen molar-refractivity contribution in [3.8, 4) is 5.69 Å². The summed E-state index contributed by atoms with van der Waals surface area (Å²) in [5.41, 5.74) is 1.08. The number of para-hydroxylation sites is 1. The largest absolute Gasteiger partial charge is 0.457 e. The van der Waals surface area contributed by atoms with Gasteiger partial charge in [-0.3, -0.25) is 14.9 Å². The Bertz CT molecular complexity index is 1350. The van der Waals surface area contributed by atoms with Gasteiger partial charge in [-0.15, -0.1) is 0 Å². The first-order valence-corrected chi connectivity index (χ1v) is 16.1. The summed E-state index contributed by atoms with van der Waals surface area (Å²) in [6, 6.07) is 12.2. The van der Waals surface area contributed by atoms with E-state index in [1.54, 1.807) is 35.5 Å². The molecule has 0 spiro atoms. The van der Waals surface area contributed by atoms with Crippen molar-refractivity contribution >= 4 is 25.9 Å². The molecule has 0 bridgehead atoms. The molecular weight excluding hydrogens is 530 g/mol. The van der Waals surface area contributed by atoms with Crippen LogP contribution in [0, 0.1) is 10.1 Å². The third-order valence-corrected chi connectivity index (χ3v) is 12.2. The van der Waals surface area contributed by atoms with E-state index in [4.69, 9.17) is 9.16 Å². The van der Waals surface area contributed by atoms with Crippen LogP contribution in [-0.2, 0) is 9.16 Å². The fraction of sp³-hybridized carbons (Fsp3) is 0.429. The number of benzene rings is 2. The van der Waals surface area contributed by atoms with Crippen molar-refractivity contribution < 1.29 is 23.7 Å². The molecule has 2 atom stereocenters. The zero-order chi connectivity index (χ0) is 29.1. The van der Waals surface area contributed by atoms with Gasteiger partial charge >= 0.3 is 5.97 Å². The van der Waals surface area contributed by atoms with Gasteiger partial charge in [0, 0.05) is 12.1 Å². The predicted octanol–water partition coefficient (Wildman–Crippen LogP) is 5.03. The molecule has 212 valence electrons. The first-order valence-electron chi connectivity index (χ1n) is 13.2. The van der Waals surface area contributed by atoms with E-state index in [1.165, 1.54) is 29.1 Å². The standard InChI is InChI=1S/C28H35N5O6Si/c1-28(2,3)40(4,5)38-19-22-14-15-23(39-27(35)20-10-12-21(13-11-20)33(36)37)18-31(22)26(34)24-8-6-7-9-25(24)32-29-16-17-30-32/h6-13,16-17,22-23H,14-15,18-19H2,1-5H3/t22-,23-/m0/s1. The highest BCUT2D eigenvalue weighted by Crippen LogP contribution is 2.37. The lowest BCUT2D eigenvalue weighted by atomic mass is 9.98. The number of ether oxygens (including phenoxy) is 1. The zero-order valence-corrected chi connectivity index (χ0v) is 24.4. The quantitative estimate of drug-likeness (QED) is 0.161. The highest BCUT2D eigenvalue weighted by molar-refractivity contribution is 6.74. The number of amides is 1. The topological polar surface area (TPSA) is 130 Å². The van der Waals surface area contributed by atoms with Crippen LogP contribution in [0.3, 0.4) is 0 Å². The van der Waals surface area contributed by atoms with Gasteiger partial charge in [0.05, 0.1) is 53.3 Å². The highest BCUT2D eigenvalue weighted by Gasteiger charge is 2.40. The molecule has 1 fully saturated rings. The molecule has 40 heavy (non-hydrogen) atoms. The maximum absolute atomic E-state index is 14.1. The van der Waals surface area contributed by atoms with Gasteiger partial charge in [-0.2, -0.15) is 15.0 Å². The van der Waals surface area contributed by atoms with E-state index in [-0.39, 0.29) is 34.8 Å². The minimum absolute atomic E-state index is 0.0116. The molecule has 1 aliphatic heterocycles. The van der Waals surface area contributed by atoms with Crippen LogP contribution >= 0.6 is 0 Å². The van der Waals surface area contributed by atoms with E-state index in [2.05, 4.69) is 44.1 Å². The molecule has 0 radical (unpaired) electrons. The number of aromatic nitrogens is 3. The molecule has 3 aromatic rings. The summed E-state index contributed by atoms with van der Waals surface area (Å²) in [7, 11) is -2.08. The normalized spacial score (nSPS) is 17.9. The van der Waals surface area contributed by atoms with Crippen molar-refractivity contribution in [1.29, 1.82) is 0 Å². The molecule has 2 aromatic carbocycles. The summed E-state index contributed by atoms with van der Waals surface area (Å²) < 4.78 is 12.3. The molecule has 4 rings (SSSR count). The number of likely N-dealkylation sites (tertiary alicyclic amines) is 1. The molecule has 0 aliphatic carbocycles. The molecule has 1 amide bonds. The number of non-ortho nitro benzene ring substituents is 1. The third-order valence-electron chi connectivity index (χ3n) is 7.72. The van der Waals surface area contributed by atoms with Crippen LogP contribution in [0.5, 0.6) is 0 Å². The smallest absolute Gasteiger partial charge is 0.338 e. The molecule has 2 heterocycles. The van der Waals surface area contributed by atoms with Gasteiger partial charge in [0.2, 0.25) is 0 Å². The molecule has 0 unspecified atom stereocenters. The Morgan fingerprint density at radius 3 is 2.33 bits per heavy atom. The average molecular weight is 566 g/mol. The summed E-state index contributed by atoms with van der Waals surface area (Å²) in [4.78, 5) is 40.5. The van der Waals surface area contributed by atoms with Crippen LogP contribution in [-0.4, -0.2) is 70.3 Å². The highest BCUT2D eigenvalue weighted by atomic mass is 28.4. The fourth-order valence-electron chi connectivity index (χ4n) is 4.30. The van der Waals surface area contributed by atoms with E-state index < -0.39 is 25.3 Å². The molecule has 0 N–H and O–H groups in total. The third kappa shape index (κ3) is 6.45. The van der Waals surface area contributed by atoms with Crippen LogP contribution in [0.2, 0.25) is 18.1 Å². The Labute approximate surface area is 234 Å². The minimum Gasteiger partial charge on any atom is -0.457 e. The number of nitro groups is 1. The van der Waals surface area contributed by atoms with E-state index in [0.29, 0.717) is 30.7 Å². The molecule has 11 nitrogen and oxygen atoms in total. The zero-order valence-electron chi connectivity index (χ0n) is 23.4. The molecule has 1 saturated heterocycles. The van der Waals surface area contributed by atoms with Crippen molar-refractivity contribution in [1.82, 2.24) is 19.9 Å². The van der Waals surface area contributed by atoms with Gasteiger partial charge in [0.1, 0.15) is 6.10 Å². The van der Waals surface area contributed by atoms with Crippen LogP contribution in [0.4, 0.5) is 5.69 Å². The van der Waals surface area contributed by atoms with Gasteiger partial charge in [0.15, 0.2) is 8.32 Å². The summed E-state index contributed by atoms with van der Waals surface area (Å²) in [5.74, 6) is -0.822. The summed E-state index contributed by atoms with van der Waals surface area (Å²) >= 11 is 0. The Morgan fingerprint density at radius 1 is 1.05 bits per heavy atom. The second kappa shape index (κ2) is 11.7. The van der Waals surface area contributed by atoms with Crippen LogP contribution in [0.25, 0.3) is 5.69 Å². The predicted molar refractivity (Wildman–Crippen MR) is 151 cm³/mol. The van der Waals surface area contributed by atoms with Crippen molar-refractivity contribution in [3.63, 3.8) is 0 Å². The van der Waals surface area contributed by atoms with Crippen LogP contribution < -0.4 is 0 Å². The molecule has 12 heteroatoms. The molecule has 1 aliphatic rings. The first kappa shape index (κ1) is 29.1. The number of nitrogens with zero attached hydrogens (tertiary/aromatic N) is 5. The van der Waals surface area contributed by atoms with Gasteiger partial charge in [-0.25, -0.2) is 4.79 Å². The monoisotopic (exact) mass is 565 g/mol. The van der Waals surface area contributed by atoms with E-state index in [1.807, 2.05) is 6.07 Å². The second-order valence-electron chi connectivity index (χ2n) is 11.4. The second-order valence-corrected chi connectivity index (χ2v) is 16.2. The number of carbonyl (C=O) groups excluding carboxylic acids is 2. The van der Waals surface area contributed by atoms with Crippen molar-refractivity contribution in [2.45, 2.75) is 63.9 Å². The van der Waals surface area contributed by atoms with Gasteiger partial charge in [-0.1, -0.05) is 32.9 Å². The first-order chi connectivity index (χ1) is 18.9. The lowest BCUT2D eigenvalue weighted by Crippen LogP contribution is -2.53. The Morgan fingerprint density at radius 2 is 1.70 bits per heavy atom. The van der Waals surface area contributed by atoms with E-state index in [9.17, 15) is 19.7 Å². The number of hydrogen-bond donors (Lipinski definition) is 0. The summed E-state index contributed by atoms with van der Waals surface area (Å²) in [5, 5.41) is 19.4. The average Bonchev–Trinajstić information content (AvgIpc) is 3.46. The lowest BCUT2D eigenvalue weighted by molar-refractivity contribution is -0.384. The number of nitro benzene ring substituents is 1. The van der Waals surface area contributed by atoms with Crippen LogP contribution in [0.15, 0.2) is 60.9 Å².